The third kappa shape index (κ3) is 4.10. The number of aliphatic hydroxyl groups is 1. The van der Waals surface area contributed by atoms with Crippen molar-refractivity contribution < 1.29 is 13.5 Å². The van der Waals surface area contributed by atoms with Crippen LogP contribution in [0.1, 0.15) is 25.7 Å². The Kier molecular flexibility index (Phi) is 5.69. The summed E-state index contributed by atoms with van der Waals surface area (Å²) in [4.78, 5) is 12.2. The molecular formula is C16H17Cl2N3O4S. The zero-order valence-electron chi connectivity index (χ0n) is 13.6. The van der Waals surface area contributed by atoms with E-state index in [0.717, 1.165) is 4.68 Å². The standard InChI is InChI=1S/C16H17Cl2N3O4S/c17-14-9-19-21(16(23)15(14)18)11-3-7-13(8-4-11)26(24,25)20-10-1-5-12(22)6-2-10/h3-4,7-10,12,20,22H,1-2,5-6H2. The molecule has 0 amide bonds. The van der Waals surface area contributed by atoms with Gasteiger partial charge in [0.15, 0.2) is 0 Å². The van der Waals surface area contributed by atoms with E-state index < -0.39 is 15.6 Å². The molecule has 0 atom stereocenters. The van der Waals surface area contributed by atoms with E-state index in [1.807, 2.05) is 0 Å². The maximum Gasteiger partial charge on any atom is 0.291 e. The number of sulfonamides is 1. The second kappa shape index (κ2) is 7.66. The van der Waals surface area contributed by atoms with Crippen molar-refractivity contribution in [1.29, 1.82) is 0 Å². The summed E-state index contributed by atoms with van der Waals surface area (Å²) in [5, 5.41) is 13.3. The van der Waals surface area contributed by atoms with E-state index in [4.69, 9.17) is 23.2 Å². The Hall–Kier alpha value is -1.45. The largest absolute Gasteiger partial charge is 0.393 e. The van der Waals surface area contributed by atoms with Crippen molar-refractivity contribution in [1.82, 2.24) is 14.5 Å². The molecule has 1 aliphatic rings. The Balaban J connectivity index is 1.81. The summed E-state index contributed by atoms with van der Waals surface area (Å²) in [6, 6.07) is 5.54. The van der Waals surface area contributed by atoms with Crippen LogP contribution in [0.3, 0.4) is 0 Å². The maximum absolute atomic E-state index is 12.5. The summed E-state index contributed by atoms with van der Waals surface area (Å²) in [6.45, 7) is 0. The van der Waals surface area contributed by atoms with Crippen molar-refractivity contribution in [2.45, 2.75) is 42.7 Å². The number of halogens is 2. The minimum atomic E-state index is -3.69. The highest BCUT2D eigenvalue weighted by Gasteiger charge is 2.24. The fraction of sp³-hybridized carbons (Fsp3) is 0.375. The number of aromatic nitrogens is 2. The lowest BCUT2D eigenvalue weighted by atomic mass is 9.94. The molecule has 1 aliphatic carbocycles. The van der Waals surface area contributed by atoms with E-state index in [0.29, 0.717) is 31.4 Å². The number of hydrogen-bond donors (Lipinski definition) is 2. The summed E-state index contributed by atoms with van der Waals surface area (Å²) in [5.41, 5.74) is -0.220. The maximum atomic E-state index is 12.5. The monoisotopic (exact) mass is 417 g/mol. The van der Waals surface area contributed by atoms with Crippen LogP contribution in [0.15, 0.2) is 40.2 Å². The van der Waals surface area contributed by atoms with Gasteiger partial charge in [-0.2, -0.15) is 9.78 Å². The molecule has 1 fully saturated rings. The van der Waals surface area contributed by atoms with Crippen LogP contribution in [0.2, 0.25) is 10.0 Å². The van der Waals surface area contributed by atoms with Crippen molar-refractivity contribution in [2.75, 3.05) is 0 Å². The molecule has 140 valence electrons. The number of rotatable bonds is 4. The quantitative estimate of drug-likeness (QED) is 0.792. The molecule has 3 rings (SSSR count). The van der Waals surface area contributed by atoms with E-state index in [1.165, 1.54) is 30.5 Å². The molecule has 0 unspecified atom stereocenters. The molecule has 10 heteroatoms. The number of benzene rings is 1. The average molecular weight is 418 g/mol. The first-order chi connectivity index (χ1) is 12.3. The molecule has 0 spiro atoms. The zero-order valence-corrected chi connectivity index (χ0v) is 15.9. The molecule has 1 aromatic carbocycles. The number of aliphatic hydroxyl groups excluding tert-OH is 1. The van der Waals surface area contributed by atoms with Crippen molar-refractivity contribution in [3.05, 3.63) is 50.9 Å². The van der Waals surface area contributed by atoms with Crippen LogP contribution in [0.25, 0.3) is 5.69 Å². The summed E-state index contributed by atoms with van der Waals surface area (Å²) in [7, 11) is -3.69. The molecule has 1 saturated carbocycles. The van der Waals surface area contributed by atoms with Gasteiger partial charge in [-0.3, -0.25) is 4.79 Å². The van der Waals surface area contributed by atoms with E-state index >= 15 is 0 Å². The normalized spacial score (nSPS) is 20.9. The van der Waals surface area contributed by atoms with Crippen molar-refractivity contribution >= 4 is 33.2 Å². The van der Waals surface area contributed by atoms with Gasteiger partial charge in [0.2, 0.25) is 10.0 Å². The first-order valence-electron chi connectivity index (χ1n) is 8.02. The van der Waals surface area contributed by atoms with Gasteiger partial charge < -0.3 is 5.11 Å². The van der Waals surface area contributed by atoms with Gasteiger partial charge in [-0.15, -0.1) is 0 Å². The molecule has 0 aliphatic heterocycles. The molecule has 2 N–H and O–H groups in total. The number of nitrogens with one attached hydrogen (secondary N) is 1. The van der Waals surface area contributed by atoms with E-state index in [-0.39, 0.29) is 27.1 Å². The van der Waals surface area contributed by atoms with Crippen molar-refractivity contribution in [3.63, 3.8) is 0 Å². The average Bonchev–Trinajstić information content (AvgIpc) is 2.62. The summed E-state index contributed by atoms with van der Waals surface area (Å²) >= 11 is 11.6. The zero-order chi connectivity index (χ0) is 18.9. The Morgan fingerprint density at radius 2 is 1.73 bits per heavy atom. The SMILES string of the molecule is O=c1c(Cl)c(Cl)cnn1-c1ccc(S(=O)(=O)NC2CCC(O)CC2)cc1. The Labute approximate surface area is 160 Å². The number of hydrogen-bond acceptors (Lipinski definition) is 5. The van der Waals surface area contributed by atoms with E-state index in [9.17, 15) is 18.3 Å². The lowest BCUT2D eigenvalue weighted by Crippen LogP contribution is -2.38. The third-order valence-corrected chi connectivity index (χ3v) is 6.57. The summed E-state index contributed by atoms with van der Waals surface area (Å²) in [5.74, 6) is 0. The first kappa shape index (κ1) is 19.3. The molecule has 7 nitrogen and oxygen atoms in total. The second-order valence-electron chi connectivity index (χ2n) is 6.14. The molecule has 2 aromatic rings. The molecular weight excluding hydrogens is 401 g/mol. The summed E-state index contributed by atoms with van der Waals surface area (Å²) < 4.78 is 28.7. The highest BCUT2D eigenvalue weighted by atomic mass is 35.5. The van der Waals surface area contributed by atoms with Gasteiger partial charge in [0.25, 0.3) is 5.56 Å². The van der Waals surface area contributed by atoms with Gasteiger partial charge in [0, 0.05) is 6.04 Å². The van der Waals surface area contributed by atoms with Crippen LogP contribution in [0.4, 0.5) is 0 Å². The predicted octanol–water partition coefficient (Wildman–Crippen LogP) is 2.12. The fourth-order valence-electron chi connectivity index (χ4n) is 2.84. The number of nitrogens with zero attached hydrogens (tertiary/aromatic N) is 2. The van der Waals surface area contributed by atoms with Gasteiger partial charge in [-0.25, -0.2) is 13.1 Å². The highest BCUT2D eigenvalue weighted by Crippen LogP contribution is 2.21. The minimum Gasteiger partial charge on any atom is -0.393 e. The summed E-state index contributed by atoms with van der Waals surface area (Å²) in [6.07, 6.45) is 3.25. The van der Waals surface area contributed by atoms with E-state index in [1.54, 1.807) is 0 Å². The molecule has 1 heterocycles. The topological polar surface area (TPSA) is 101 Å². The first-order valence-corrected chi connectivity index (χ1v) is 10.3. The van der Waals surface area contributed by atoms with E-state index in [2.05, 4.69) is 9.82 Å². The van der Waals surface area contributed by atoms with Crippen LogP contribution in [-0.4, -0.2) is 35.5 Å². The molecule has 0 radical (unpaired) electrons. The molecule has 0 bridgehead atoms. The lowest BCUT2D eigenvalue weighted by Gasteiger charge is -2.26. The Morgan fingerprint density at radius 3 is 2.35 bits per heavy atom. The highest BCUT2D eigenvalue weighted by molar-refractivity contribution is 7.89. The van der Waals surface area contributed by atoms with Crippen LogP contribution in [-0.2, 0) is 10.0 Å². The van der Waals surface area contributed by atoms with Gasteiger partial charge in [-0.1, -0.05) is 23.2 Å². The Morgan fingerprint density at radius 1 is 1.12 bits per heavy atom. The van der Waals surface area contributed by atoms with Crippen LogP contribution < -0.4 is 10.3 Å². The Bertz CT molecular complexity index is 952. The van der Waals surface area contributed by atoms with Gasteiger partial charge in [-0.05, 0) is 49.9 Å². The molecule has 1 aromatic heterocycles. The van der Waals surface area contributed by atoms with Gasteiger partial charge in [0.05, 0.1) is 27.9 Å². The predicted molar refractivity (Wildman–Crippen MR) is 98.4 cm³/mol. The second-order valence-corrected chi connectivity index (χ2v) is 8.64. The lowest BCUT2D eigenvalue weighted by molar-refractivity contribution is 0.120. The third-order valence-electron chi connectivity index (χ3n) is 4.29. The smallest absolute Gasteiger partial charge is 0.291 e. The molecule has 0 saturated heterocycles. The fourth-order valence-corrected chi connectivity index (χ4v) is 4.40. The minimum absolute atomic E-state index is 0.0499. The van der Waals surface area contributed by atoms with Crippen molar-refractivity contribution in [3.8, 4) is 5.69 Å². The van der Waals surface area contributed by atoms with Crippen LogP contribution in [0, 0.1) is 0 Å². The van der Waals surface area contributed by atoms with Crippen LogP contribution >= 0.6 is 23.2 Å². The molecule has 26 heavy (non-hydrogen) atoms. The van der Waals surface area contributed by atoms with Gasteiger partial charge >= 0.3 is 0 Å². The van der Waals surface area contributed by atoms with Crippen molar-refractivity contribution in [2.24, 2.45) is 0 Å². The van der Waals surface area contributed by atoms with Crippen LogP contribution in [0.5, 0.6) is 0 Å². The van der Waals surface area contributed by atoms with Gasteiger partial charge in [0.1, 0.15) is 5.02 Å².